The molecule has 2 N–H and O–H groups in total. The molecule has 1 saturated heterocycles. The third kappa shape index (κ3) is 2.73. The molecule has 0 saturated carbocycles. The Bertz CT molecular complexity index is 353. The maximum atomic E-state index is 11.7. The van der Waals surface area contributed by atoms with Gasteiger partial charge in [-0.15, -0.1) is 0 Å². The number of nitrogens with one attached hydrogen (secondary N) is 1. The molecule has 1 aliphatic rings. The van der Waals surface area contributed by atoms with E-state index in [1.165, 1.54) is 0 Å². The first kappa shape index (κ1) is 11.0. The van der Waals surface area contributed by atoms with Crippen LogP contribution >= 0.6 is 0 Å². The van der Waals surface area contributed by atoms with E-state index in [0.717, 1.165) is 5.56 Å². The number of aliphatic hydroxyl groups excluding tert-OH is 1. The van der Waals surface area contributed by atoms with Crippen LogP contribution in [0.15, 0.2) is 30.3 Å². The van der Waals surface area contributed by atoms with E-state index in [0.29, 0.717) is 26.1 Å². The molecule has 86 valence electrons. The minimum atomic E-state index is -0.359. The molecule has 0 spiro atoms. The zero-order valence-corrected chi connectivity index (χ0v) is 9.10. The third-order valence-electron chi connectivity index (χ3n) is 2.74. The molecule has 1 aliphatic heterocycles. The van der Waals surface area contributed by atoms with Crippen molar-refractivity contribution in [3.63, 3.8) is 0 Å². The first-order valence-corrected chi connectivity index (χ1v) is 5.50. The Balaban J connectivity index is 1.80. The van der Waals surface area contributed by atoms with Gasteiger partial charge in [-0.3, -0.25) is 0 Å². The maximum Gasteiger partial charge on any atom is 0.317 e. The van der Waals surface area contributed by atoms with Gasteiger partial charge in [-0.25, -0.2) is 4.79 Å². The van der Waals surface area contributed by atoms with Gasteiger partial charge in [0, 0.05) is 19.6 Å². The van der Waals surface area contributed by atoms with Gasteiger partial charge in [-0.05, 0) is 12.0 Å². The molecule has 1 aromatic rings. The standard InChI is InChI=1S/C12H16N2O2/c15-11-6-7-14(9-11)12(16)13-8-10-4-2-1-3-5-10/h1-5,11,15H,6-9H2,(H,13,16)/t11-/m0/s1. The van der Waals surface area contributed by atoms with Crippen molar-refractivity contribution in [2.45, 2.75) is 19.1 Å². The van der Waals surface area contributed by atoms with Gasteiger partial charge in [-0.2, -0.15) is 0 Å². The average molecular weight is 220 g/mol. The van der Waals surface area contributed by atoms with E-state index < -0.39 is 0 Å². The highest BCUT2D eigenvalue weighted by atomic mass is 16.3. The highest BCUT2D eigenvalue weighted by Crippen LogP contribution is 2.08. The number of hydrogen-bond acceptors (Lipinski definition) is 2. The number of hydrogen-bond donors (Lipinski definition) is 2. The number of amides is 2. The zero-order valence-electron chi connectivity index (χ0n) is 9.10. The molecule has 2 amide bonds. The quantitative estimate of drug-likeness (QED) is 0.780. The minimum absolute atomic E-state index is 0.0968. The lowest BCUT2D eigenvalue weighted by Crippen LogP contribution is -2.38. The van der Waals surface area contributed by atoms with E-state index in [9.17, 15) is 9.90 Å². The maximum absolute atomic E-state index is 11.7. The molecule has 4 heteroatoms. The lowest BCUT2D eigenvalue weighted by molar-refractivity contribution is 0.172. The molecule has 0 aromatic heterocycles. The van der Waals surface area contributed by atoms with Gasteiger partial charge in [0.2, 0.25) is 0 Å². The number of urea groups is 1. The van der Waals surface area contributed by atoms with E-state index in [2.05, 4.69) is 5.32 Å². The van der Waals surface area contributed by atoms with Crippen molar-refractivity contribution in [1.82, 2.24) is 10.2 Å². The van der Waals surface area contributed by atoms with Gasteiger partial charge in [-0.1, -0.05) is 30.3 Å². The predicted molar refractivity (Wildman–Crippen MR) is 60.9 cm³/mol. The Morgan fingerprint density at radius 3 is 2.81 bits per heavy atom. The second-order valence-corrected chi connectivity index (χ2v) is 4.03. The molecule has 0 unspecified atom stereocenters. The molecule has 1 heterocycles. The molecule has 1 atom stereocenters. The lowest BCUT2D eigenvalue weighted by Gasteiger charge is -2.16. The highest BCUT2D eigenvalue weighted by Gasteiger charge is 2.23. The van der Waals surface area contributed by atoms with Crippen LogP contribution in [-0.4, -0.2) is 35.2 Å². The minimum Gasteiger partial charge on any atom is -0.391 e. The van der Waals surface area contributed by atoms with Crippen molar-refractivity contribution in [1.29, 1.82) is 0 Å². The monoisotopic (exact) mass is 220 g/mol. The second-order valence-electron chi connectivity index (χ2n) is 4.03. The second kappa shape index (κ2) is 4.99. The van der Waals surface area contributed by atoms with Crippen LogP contribution < -0.4 is 5.32 Å². The third-order valence-corrected chi connectivity index (χ3v) is 2.74. The van der Waals surface area contributed by atoms with Crippen LogP contribution in [0.4, 0.5) is 4.79 Å². The molecule has 4 nitrogen and oxygen atoms in total. The van der Waals surface area contributed by atoms with E-state index in [1.807, 2.05) is 30.3 Å². The van der Waals surface area contributed by atoms with Gasteiger partial charge >= 0.3 is 6.03 Å². The van der Waals surface area contributed by atoms with Crippen molar-refractivity contribution in [3.05, 3.63) is 35.9 Å². The van der Waals surface area contributed by atoms with Gasteiger partial charge < -0.3 is 15.3 Å². The normalized spacial score (nSPS) is 19.8. The SMILES string of the molecule is O=C(NCc1ccccc1)N1CC[C@H](O)C1. The Kier molecular flexibility index (Phi) is 3.41. The zero-order chi connectivity index (χ0) is 11.4. The first-order chi connectivity index (χ1) is 7.75. The van der Waals surface area contributed by atoms with Crippen molar-refractivity contribution in [2.24, 2.45) is 0 Å². The van der Waals surface area contributed by atoms with Crippen LogP contribution in [0.5, 0.6) is 0 Å². The fraction of sp³-hybridized carbons (Fsp3) is 0.417. The largest absolute Gasteiger partial charge is 0.391 e. The molecule has 1 aromatic carbocycles. The van der Waals surface area contributed by atoms with Crippen LogP contribution in [0.25, 0.3) is 0 Å². The summed E-state index contributed by atoms with van der Waals surface area (Å²) in [4.78, 5) is 13.3. The summed E-state index contributed by atoms with van der Waals surface area (Å²) in [7, 11) is 0. The summed E-state index contributed by atoms with van der Waals surface area (Å²) in [6, 6.07) is 9.68. The van der Waals surface area contributed by atoms with Gasteiger partial charge in [0.05, 0.1) is 6.10 Å². The molecule has 0 bridgehead atoms. The van der Waals surface area contributed by atoms with E-state index in [4.69, 9.17) is 0 Å². The molecular formula is C12H16N2O2. The van der Waals surface area contributed by atoms with E-state index in [1.54, 1.807) is 4.90 Å². The fourth-order valence-corrected chi connectivity index (χ4v) is 1.81. The van der Waals surface area contributed by atoms with Crippen LogP contribution in [-0.2, 0) is 6.54 Å². The predicted octanol–water partition coefficient (Wildman–Crippen LogP) is 0.963. The summed E-state index contributed by atoms with van der Waals surface area (Å²) in [6.45, 7) is 1.62. The Morgan fingerprint density at radius 2 is 2.19 bits per heavy atom. The number of rotatable bonds is 2. The summed E-state index contributed by atoms with van der Waals surface area (Å²) in [6.07, 6.45) is 0.321. The number of β-amino-alcohol motifs (C(OH)–C–C–N with tert-alkyl or cyclic N) is 1. The molecule has 0 aliphatic carbocycles. The van der Waals surface area contributed by atoms with Crippen molar-refractivity contribution in [3.8, 4) is 0 Å². The van der Waals surface area contributed by atoms with E-state index >= 15 is 0 Å². The molecule has 16 heavy (non-hydrogen) atoms. The van der Waals surface area contributed by atoms with Crippen LogP contribution in [0.2, 0.25) is 0 Å². The first-order valence-electron chi connectivity index (χ1n) is 5.50. The van der Waals surface area contributed by atoms with Crippen molar-refractivity contribution in [2.75, 3.05) is 13.1 Å². The molecule has 2 rings (SSSR count). The number of benzene rings is 1. The number of carbonyl (C=O) groups excluding carboxylic acids is 1. The number of aliphatic hydroxyl groups is 1. The highest BCUT2D eigenvalue weighted by molar-refractivity contribution is 5.74. The number of nitrogens with zero attached hydrogens (tertiary/aromatic N) is 1. The average Bonchev–Trinajstić information content (AvgIpc) is 2.74. The summed E-state index contributed by atoms with van der Waals surface area (Å²) in [5.74, 6) is 0. The molecular weight excluding hydrogens is 204 g/mol. The molecule has 0 radical (unpaired) electrons. The van der Waals surface area contributed by atoms with Gasteiger partial charge in [0.1, 0.15) is 0 Å². The van der Waals surface area contributed by atoms with Gasteiger partial charge in [0.25, 0.3) is 0 Å². The van der Waals surface area contributed by atoms with Crippen LogP contribution in [0, 0.1) is 0 Å². The summed E-state index contributed by atoms with van der Waals surface area (Å²) in [5, 5.41) is 12.1. The Labute approximate surface area is 94.9 Å². The summed E-state index contributed by atoms with van der Waals surface area (Å²) < 4.78 is 0. The fourth-order valence-electron chi connectivity index (χ4n) is 1.81. The Hall–Kier alpha value is -1.55. The Morgan fingerprint density at radius 1 is 1.44 bits per heavy atom. The summed E-state index contributed by atoms with van der Waals surface area (Å²) in [5.41, 5.74) is 1.08. The van der Waals surface area contributed by atoms with Gasteiger partial charge in [0.15, 0.2) is 0 Å². The summed E-state index contributed by atoms with van der Waals surface area (Å²) >= 11 is 0. The smallest absolute Gasteiger partial charge is 0.317 e. The molecule has 1 fully saturated rings. The lowest BCUT2D eigenvalue weighted by atomic mass is 10.2. The topological polar surface area (TPSA) is 52.6 Å². The van der Waals surface area contributed by atoms with E-state index in [-0.39, 0.29) is 12.1 Å². The van der Waals surface area contributed by atoms with Crippen molar-refractivity contribution < 1.29 is 9.90 Å². The number of likely N-dealkylation sites (tertiary alicyclic amines) is 1. The van der Waals surface area contributed by atoms with Crippen LogP contribution in [0.1, 0.15) is 12.0 Å². The van der Waals surface area contributed by atoms with Crippen LogP contribution in [0.3, 0.4) is 0 Å². The number of carbonyl (C=O) groups is 1. The van der Waals surface area contributed by atoms with Crippen molar-refractivity contribution >= 4 is 6.03 Å².